The second-order valence-corrected chi connectivity index (χ2v) is 8.75. The van der Waals surface area contributed by atoms with Crippen molar-refractivity contribution in [1.82, 2.24) is 0 Å². The van der Waals surface area contributed by atoms with Crippen LogP contribution < -0.4 is 5.32 Å². The van der Waals surface area contributed by atoms with Gasteiger partial charge < -0.3 is 19.2 Å². The number of hydrogen-bond donors (Lipinski definition) is 1. The number of nitrogens with one attached hydrogen (secondary N) is 1. The Kier molecular flexibility index (Phi) is 5.74. The van der Waals surface area contributed by atoms with Gasteiger partial charge in [-0.1, -0.05) is 0 Å². The molecule has 0 spiro atoms. The minimum absolute atomic E-state index is 0.175. The van der Waals surface area contributed by atoms with Crippen molar-refractivity contribution in [3.8, 4) is 11.3 Å². The van der Waals surface area contributed by atoms with E-state index in [0.29, 0.717) is 11.3 Å². The Bertz CT molecular complexity index is 907. The fourth-order valence-electron chi connectivity index (χ4n) is 2.54. The van der Waals surface area contributed by atoms with Crippen molar-refractivity contribution in [2.45, 2.75) is 24.6 Å². The average Bonchev–Trinajstić information content (AvgIpc) is 3.08. The summed E-state index contributed by atoms with van der Waals surface area (Å²) in [5.41, 5.74) is -0.349. The number of carbonyl (C=O) groups is 3. The van der Waals surface area contributed by atoms with Crippen LogP contribution in [0.25, 0.3) is 11.3 Å². The summed E-state index contributed by atoms with van der Waals surface area (Å²) in [6, 6.07) is 3.38. The van der Waals surface area contributed by atoms with E-state index >= 15 is 0 Å². The molecule has 1 unspecified atom stereocenters. The van der Waals surface area contributed by atoms with E-state index < -0.39 is 34.2 Å². The Morgan fingerprint density at radius 1 is 1.32 bits per heavy atom. The summed E-state index contributed by atoms with van der Waals surface area (Å²) in [5, 5.41) is 4.52. The molecule has 1 amide bonds. The molecule has 28 heavy (non-hydrogen) atoms. The lowest BCUT2D eigenvalue weighted by atomic mass is 10.1. The molecule has 1 saturated carbocycles. The summed E-state index contributed by atoms with van der Waals surface area (Å²) in [6.45, 7) is 2.89. The van der Waals surface area contributed by atoms with Crippen molar-refractivity contribution >= 4 is 57.4 Å². The van der Waals surface area contributed by atoms with Gasteiger partial charge in [0.25, 0.3) is 5.91 Å². The van der Waals surface area contributed by atoms with E-state index in [1.807, 2.05) is 0 Å². The summed E-state index contributed by atoms with van der Waals surface area (Å²) >= 11 is 13.0. The normalized spacial score (nSPS) is 19.7. The van der Waals surface area contributed by atoms with Crippen LogP contribution in [0.3, 0.4) is 0 Å². The van der Waals surface area contributed by atoms with Crippen molar-refractivity contribution in [2.75, 3.05) is 18.5 Å². The maximum atomic E-state index is 12.4. The second kappa shape index (κ2) is 7.77. The Labute approximate surface area is 174 Å². The number of halogens is 2. The number of ether oxygens (including phenoxy) is 2. The van der Waals surface area contributed by atoms with Gasteiger partial charge in [-0.05, 0) is 26.0 Å². The van der Waals surface area contributed by atoms with Gasteiger partial charge in [-0.15, -0.1) is 34.5 Å². The fourth-order valence-corrected chi connectivity index (χ4v) is 4.19. The monoisotopic (exact) mass is 445 g/mol. The van der Waals surface area contributed by atoms with E-state index in [1.54, 1.807) is 31.4 Å². The first-order valence-electron chi connectivity index (χ1n) is 8.37. The molecule has 0 aliphatic heterocycles. The second-order valence-electron chi connectivity index (χ2n) is 6.39. The number of esters is 2. The van der Waals surface area contributed by atoms with E-state index in [1.165, 1.54) is 6.26 Å². The van der Waals surface area contributed by atoms with Gasteiger partial charge in [0.2, 0.25) is 0 Å². The topological polar surface area (TPSA) is 94.8 Å². The third kappa shape index (κ3) is 3.90. The van der Waals surface area contributed by atoms with Crippen LogP contribution in [0, 0.1) is 5.41 Å². The van der Waals surface area contributed by atoms with Gasteiger partial charge in [0.05, 0.1) is 12.9 Å². The van der Waals surface area contributed by atoms with Crippen LogP contribution in [0.5, 0.6) is 0 Å². The lowest BCUT2D eigenvalue weighted by molar-refractivity contribution is -0.152. The lowest BCUT2D eigenvalue weighted by Gasteiger charge is -2.12. The van der Waals surface area contributed by atoms with Crippen LogP contribution in [-0.2, 0) is 19.1 Å². The molecule has 2 aromatic rings. The van der Waals surface area contributed by atoms with Gasteiger partial charge in [-0.2, -0.15) is 0 Å². The molecule has 1 aliphatic rings. The zero-order chi connectivity index (χ0) is 20.5. The first-order valence-corrected chi connectivity index (χ1v) is 10.0. The smallest absolute Gasteiger partial charge is 0.341 e. The summed E-state index contributed by atoms with van der Waals surface area (Å²) in [6.07, 6.45) is 1.74. The summed E-state index contributed by atoms with van der Waals surface area (Å²) < 4.78 is 14.3. The molecule has 7 nitrogen and oxygen atoms in total. The van der Waals surface area contributed by atoms with Gasteiger partial charge in [-0.25, -0.2) is 4.79 Å². The molecule has 2 heterocycles. The van der Waals surface area contributed by atoms with Gasteiger partial charge in [-0.3, -0.25) is 9.59 Å². The summed E-state index contributed by atoms with van der Waals surface area (Å²) in [4.78, 5) is 36.7. The van der Waals surface area contributed by atoms with Crippen molar-refractivity contribution < 1.29 is 28.3 Å². The summed E-state index contributed by atoms with van der Waals surface area (Å²) in [7, 11) is 0. The molecule has 0 bridgehead atoms. The number of anilines is 1. The molecule has 10 heteroatoms. The lowest BCUT2D eigenvalue weighted by Crippen LogP contribution is -2.27. The largest absolute Gasteiger partial charge is 0.464 e. The highest BCUT2D eigenvalue weighted by Gasteiger charge is 2.69. The molecule has 3 rings (SSSR count). The van der Waals surface area contributed by atoms with Gasteiger partial charge in [0.15, 0.2) is 6.61 Å². The average molecular weight is 446 g/mol. The van der Waals surface area contributed by atoms with E-state index in [4.69, 9.17) is 37.1 Å². The molecule has 1 aliphatic carbocycles. The van der Waals surface area contributed by atoms with Crippen LogP contribution in [0.15, 0.2) is 28.2 Å². The number of amides is 1. The first kappa shape index (κ1) is 20.7. The molecular weight excluding hydrogens is 429 g/mol. The Balaban J connectivity index is 1.70. The third-order valence-electron chi connectivity index (χ3n) is 4.35. The van der Waals surface area contributed by atoms with Crippen LogP contribution in [0.4, 0.5) is 5.00 Å². The predicted molar refractivity (Wildman–Crippen MR) is 105 cm³/mol. The molecule has 2 aromatic heterocycles. The number of furan rings is 1. The molecule has 0 radical (unpaired) electrons. The molecule has 150 valence electrons. The number of alkyl halides is 2. The number of carbonyl (C=O) groups excluding carboxylic acids is 3. The highest BCUT2D eigenvalue weighted by molar-refractivity contribution is 7.15. The van der Waals surface area contributed by atoms with Crippen molar-refractivity contribution in [1.29, 1.82) is 0 Å². The van der Waals surface area contributed by atoms with Crippen molar-refractivity contribution in [3.63, 3.8) is 0 Å². The van der Waals surface area contributed by atoms with Crippen molar-refractivity contribution in [3.05, 3.63) is 29.3 Å². The maximum absolute atomic E-state index is 12.4. The molecule has 0 saturated heterocycles. The van der Waals surface area contributed by atoms with E-state index in [2.05, 4.69) is 5.32 Å². The first-order chi connectivity index (χ1) is 13.2. The predicted octanol–water partition coefficient (Wildman–Crippen LogP) is 4.25. The van der Waals surface area contributed by atoms with Crippen molar-refractivity contribution in [2.24, 2.45) is 5.41 Å². The van der Waals surface area contributed by atoms with Gasteiger partial charge in [0.1, 0.15) is 26.1 Å². The highest BCUT2D eigenvalue weighted by atomic mass is 35.5. The summed E-state index contributed by atoms with van der Waals surface area (Å²) in [5.74, 6) is -1.39. The third-order valence-corrected chi connectivity index (χ3v) is 6.35. The molecule has 1 N–H and O–H groups in total. The van der Waals surface area contributed by atoms with Crippen LogP contribution >= 0.6 is 34.5 Å². The van der Waals surface area contributed by atoms with E-state index in [9.17, 15) is 14.4 Å². The Hall–Kier alpha value is -2.03. The minimum Gasteiger partial charge on any atom is -0.464 e. The van der Waals surface area contributed by atoms with Gasteiger partial charge in [0, 0.05) is 17.4 Å². The zero-order valence-corrected chi connectivity index (χ0v) is 17.4. The van der Waals surface area contributed by atoms with Gasteiger partial charge >= 0.3 is 11.9 Å². The maximum Gasteiger partial charge on any atom is 0.341 e. The standard InChI is InChI=1S/C18H17Cl2NO6S/c1-3-25-15(23)13-10(11-5-4-6-26-11)8-28-14(13)21-12(22)7-27-16(24)17(2)9-18(17,19)20/h4-6,8H,3,7,9H2,1-2H3,(H,21,22). The quantitative estimate of drug-likeness (QED) is 0.505. The molecule has 1 atom stereocenters. The molecular formula is C18H17Cl2NO6S. The Morgan fingerprint density at radius 3 is 2.61 bits per heavy atom. The number of thiophene rings is 1. The molecule has 0 aromatic carbocycles. The minimum atomic E-state index is -1.18. The number of rotatable bonds is 7. The van der Waals surface area contributed by atoms with E-state index in [-0.39, 0.29) is 23.6 Å². The highest BCUT2D eigenvalue weighted by Crippen LogP contribution is 2.64. The zero-order valence-electron chi connectivity index (χ0n) is 15.0. The Morgan fingerprint density at radius 2 is 2.04 bits per heavy atom. The fraction of sp³-hybridized carbons (Fsp3) is 0.389. The van der Waals surface area contributed by atoms with E-state index in [0.717, 1.165) is 11.3 Å². The number of hydrogen-bond acceptors (Lipinski definition) is 7. The molecule has 1 fully saturated rings. The SMILES string of the molecule is CCOC(=O)c1c(-c2ccco2)csc1NC(=O)COC(=O)C1(C)CC1(Cl)Cl. The van der Waals surface area contributed by atoms with Crippen LogP contribution in [0.2, 0.25) is 0 Å². The van der Waals surface area contributed by atoms with Crippen LogP contribution in [0.1, 0.15) is 30.6 Å². The van der Waals surface area contributed by atoms with Crippen LogP contribution in [-0.4, -0.2) is 35.4 Å².